The molecule has 0 saturated carbocycles. The number of carbonyl (C=O) groups is 1. The van der Waals surface area contributed by atoms with Gasteiger partial charge in [0.25, 0.3) is 0 Å². The van der Waals surface area contributed by atoms with Crippen LogP contribution < -0.4 is 0 Å². The quantitative estimate of drug-likeness (QED) is 0.695. The molecule has 0 atom stereocenters. The Morgan fingerprint density at radius 1 is 1.46 bits per heavy atom. The first-order chi connectivity index (χ1) is 6.18. The van der Waals surface area contributed by atoms with Gasteiger partial charge in [0.05, 0.1) is 0 Å². The Balaban J connectivity index is 2.16. The van der Waals surface area contributed by atoms with Crippen LogP contribution in [0.5, 0.6) is 0 Å². The number of hydrogen-bond acceptors (Lipinski definition) is 4. The first kappa shape index (κ1) is 9.70. The van der Waals surface area contributed by atoms with E-state index in [1.165, 1.54) is 0 Å². The van der Waals surface area contributed by atoms with Gasteiger partial charge in [-0.2, -0.15) is 0 Å². The summed E-state index contributed by atoms with van der Waals surface area (Å²) in [5.74, 6) is 0.373. The lowest BCUT2D eigenvalue weighted by atomic mass is 10.2. The van der Waals surface area contributed by atoms with Crippen LogP contribution in [-0.2, 0) is 11.2 Å². The zero-order valence-electron chi connectivity index (χ0n) is 7.49. The standard InChI is InChI=1S/C8H12N2O3/c1-6-9-10-7(13-6)4-2-3-5-8(11)12/h2-5H2,1H3,(H,11,12). The van der Waals surface area contributed by atoms with Crippen molar-refractivity contribution in [2.45, 2.75) is 32.6 Å². The second-order valence-electron chi connectivity index (χ2n) is 2.82. The fourth-order valence-corrected chi connectivity index (χ4v) is 0.991. The van der Waals surface area contributed by atoms with Crippen LogP contribution in [0.1, 0.15) is 31.0 Å². The Bertz CT molecular complexity index is 283. The zero-order chi connectivity index (χ0) is 9.68. The number of carboxylic acid groups (broad SMARTS) is 1. The molecule has 1 rings (SSSR count). The molecule has 0 amide bonds. The summed E-state index contributed by atoms with van der Waals surface area (Å²) >= 11 is 0. The third-order valence-electron chi connectivity index (χ3n) is 1.60. The van der Waals surface area contributed by atoms with Crippen molar-refractivity contribution in [3.63, 3.8) is 0 Å². The molecule has 0 unspecified atom stereocenters. The Kier molecular flexibility index (Phi) is 3.42. The van der Waals surface area contributed by atoms with Crippen molar-refractivity contribution in [2.75, 3.05) is 0 Å². The normalized spacial score (nSPS) is 10.2. The van der Waals surface area contributed by atoms with E-state index in [1.807, 2.05) is 0 Å². The molecule has 0 radical (unpaired) electrons. The molecule has 0 aliphatic rings. The molecule has 5 heteroatoms. The van der Waals surface area contributed by atoms with Gasteiger partial charge in [-0.1, -0.05) is 0 Å². The minimum atomic E-state index is -0.762. The Labute approximate surface area is 75.8 Å². The van der Waals surface area contributed by atoms with Crippen LogP contribution in [0.3, 0.4) is 0 Å². The van der Waals surface area contributed by atoms with Crippen LogP contribution in [0.2, 0.25) is 0 Å². The molecule has 5 nitrogen and oxygen atoms in total. The predicted octanol–water partition coefficient (Wildman–Crippen LogP) is 1.18. The SMILES string of the molecule is Cc1nnc(CCCCC(=O)O)o1. The Morgan fingerprint density at radius 2 is 2.23 bits per heavy atom. The van der Waals surface area contributed by atoms with Crippen molar-refractivity contribution in [1.82, 2.24) is 10.2 Å². The molecule has 0 fully saturated rings. The molecule has 1 N–H and O–H groups in total. The van der Waals surface area contributed by atoms with Crippen LogP contribution >= 0.6 is 0 Å². The molecular formula is C8H12N2O3. The monoisotopic (exact) mass is 184 g/mol. The van der Waals surface area contributed by atoms with Gasteiger partial charge in [-0.05, 0) is 12.8 Å². The van der Waals surface area contributed by atoms with E-state index in [0.717, 1.165) is 6.42 Å². The van der Waals surface area contributed by atoms with Gasteiger partial charge in [-0.15, -0.1) is 10.2 Å². The number of hydrogen-bond donors (Lipinski definition) is 1. The van der Waals surface area contributed by atoms with Gasteiger partial charge in [-0.25, -0.2) is 0 Å². The molecule has 0 spiro atoms. The van der Waals surface area contributed by atoms with Crippen molar-refractivity contribution in [3.05, 3.63) is 11.8 Å². The van der Waals surface area contributed by atoms with Crippen molar-refractivity contribution < 1.29 is 14.3 Å². The molecule has 1 heterocycles. The Hall–Kier alpha value is -1.39. The van der Waals surface area contributed by atoms with E-state index in [2.05, 4.69) is 10.2 Å². The topological polar surface area (TPSA) is 76.2 Å². The highest BCUT2D eigenvalue weighted by atomic mass is 16.4. The van der Waals surface area contributed by atoms with Crippen LogP contribution in [0, 0.1) is 6.92 Å². The second-order valence-corrected chi connectivity index (χ2v) is 2.82. The van der Waals surface area contributed by atoms with Crippen molar-refractivity contribution in [3.8, 4) is 0 Å². The highest BCUT2D eigenvalue weighted by Crippen LogP contribution is 2.04. The average molecular weight is 184 g/mol. The minimum absolute atomic E-state index is 0.202. The zero-order valence-corrected chi connectivity index (χ0v) is 7.49. The lowest BCUT2D eigenvalue weighted by molar-refractivity contribution is -0.137. The maximum atomic E-state index is 10.2. The van der Waals surface area contributed by atoms with E-state index in [0.29, 0.717) is 24.6 Å². The summed E-state index contributed by atoms with van der Waals surface area (Å²) < 4.78 is 5.12. The van der Waals surface area contributed by atoms with E-state index in [9.17, 15) is 4.79 Å². The van der Waals surface area contributed by atoms with E-state index in [4.69, 9.17) is 9.52 Å². The number of rotatable bonds is 5. The number of aryl methyl sites for hydroxylation is 2. The van der Waals surface area contributed by atoms with Gasteiger partial charge in [0.15, 0.2) is 0 Å². The fraction of sp³-hybridized carbons (Fsp3) is 0.625. The summed E-state index contributed by atoms with van der Waals surface area (Å²) in [6.45, 7) is 1.73. The first-order valence-corrected chi connectivity index (χ1v) is 4.19. The highest BCUT2D eigenvalue weighted by molar-refractivity contribution is 5.66. The lowest BCUT2D eigenvalue weighted by Gasteiger charge is -1.93. The summed E-state index contributed by atoms with van der Waals surface area (Å²) in [5.41, 5.74) is 0. The van der Waals surface area contributed by atoms with Gasteiger partial charge in [0, 0.05) is 19.8 Å². The highest BCUT2D eigenvalue weighted by Gasteiger charge is 2.02. The van der Waals surface area contributed by atoms with E-state index in [1.54, 1.807) is 6.92 Å². The molecule has 0 aliphatic carbocycles. The summed E-state index contributed by atoms with van der Waals surface area (Å²) in [6.07, 6.45) is 2.28. The van der Waals surface area contributed by atoms with E-state index < -0.39 is 5.97 Å². The molecule has 0 saturated heterocycles. The molecule has 0 aromatic carbocycles. The number of nitrogens with zero attached hydrogens (tertiary/aromatic N) is 2. The minimum Gasteiger partial charge on any atom is -0.481 e. The van der Waals surface area contributed by atoms with Crippen LogP contribution in [0.25, 0.3) is 0 Å². The number of unbranched alkanes of at least 4 members (excludes halogenated alkanes) is 1. The van der Waals surface area contributed by atoms with E-state index >= 15 is 0 Å². The van der Waals surface area contributed by atoms with Crippen molar-refractivity contribution in [1.29, 1.82) is 0 Å². The second kappa shape index (κ2) is 4.59. The Morgan fingerprint density at radius 3 is 2.77 bits per heavy atom. The van der Waals surface area contributed by atoms with Crippen LogP contribution in [0.15, 0.2) is 4.42 Å². The summed E-state index contributed by atoms with van der Waals surface area (Å²) in [5, 5.41) is 15.8. The smallest absolute Gasteiger partial charge is 0.303 e. The lowest BCUT2D eigenvalue weighted by Crippen LogP contribution is -1.95. The average Bonchev–Trinajstić information content (AvgIpc) is 2.45. The number of aliphatic carboxylic acids is 1. The van der Waals surface area contributed by atoms with Crippen molar-refractivity contribution >= 4 is 5.97 Å². The molecule has 13 heavy (non-hydrogen) atoms. The molecule has 1 aromatic heterocycles. The predicted molar refractivity (Wildman–Crippen MR) is 44.2 cm³/mol. The van der Waals surface area contributed by atoms with Gasteiger partial charge >= 0.3 is 5.97 Å². The largest absolute Gasteiger partial charge is 0.481 e. The third-order valence-corrected chi connectivity index (χ3v) is 1.60. The molecular weight excluding hydrogens is 172 g/mol. The maximum Gasteiger partial charge on any atom is 0.303 e. The van der Waals surface area contributed by atoms with E-state index in [-0.39, 0.29) is 6.42 Å². The van der Waals surface area contributed by atoms with Gasteiger partial charge in [0.1, 0.15) is 0 Å². The van der Waals surface area contributed by atoms with Crippen LogP contribution in [0.4, 0.5) is 0 Å². The maximum absolute atomic E-state index is 10.2. The van der Waals surface area contributed by atoms with Gasteiger partial charge in [-0.3, -0.25) is 4.79 Å². The molecule has 0 aliphatic heterocycles. The summed E-state index contributed by atoms with van der Waals surface area (Å²) in [6, 6.07) is 0. The summed E-state index contributed by atoms with van der Waals surface area (Å²) in [7, 11) is 0. The van der Waals surface area contributed by atoms with Gasteiger partial charge < -0.3 is 9.52 Å². The fourth-order valence-electron chi connectivity index (χ4n) is 0.991. The van der Waals surface area contributed by atoms with Crippen LogP contribution in [-0.4, -0.2) is 21.3 Å². The number of carboxylic acids is 1. The molecule has 1 aromatic rings. The molecule has 0 bridgehead atoms. The van der Waals surface area contributed by atoms with Crippen molar-refractivity contribution in [2.24, 2.45) is 0 Å². The number of aromatic nitrogens is 2. The first-order valence-electron chi connectivity index (χ1n) is 4.19. The third kappa shape index (κ3) is 3.68. The summed E-state index contributed by atoms with van der Waals surface area (Å²) in [4.78, 5) is 10.2. The van der Waals surface area contributed by atoms with Gasteiger partial charge in [0.2, 0.25) is 11.8 Å². The molecule has 72 valence electrons.